The molecule has 0 spiro atoms. The Morgan fingerprint density at radius 1 is 1.09 bits per heavy atom. The maximum absolute atomic E-state index is 12.3. The summed E-state index contributed by atoms with van der Waals surface area (Å²) in [6, 6.07) is 6.84. The number of fused-ring (bicyclic) bond motifs is 1. The summed E-state index contributed by atoms with van der Waals surface area (Å²) in [6.45, 7) is 7.76. The molecule has 0 saturated carbocycles. The molecule has 1 aromatic carbocycles. The summed E-state index contributed by atoms with van der Waals surface area (Å²) >= 11 is 0. The number of carboxylic acids is 1. The fourth-order valence-electron chi connectivity index (χ4n) is 3.60. The van der Waals surface area contributed by atoms with E-state index in [9.17, 15) is 14.7 Å². The summed E-state index contributed by atoms with van der Waals surface area (Å²) in [4.78, 5) is 36.2. The van der Waals surface area contributed by atoms with E-state index in [1.54, 1.807) is 29.4 Å². The van der Waals surface area contributed by atoms with Gasteiger partial charge in [0, 0.05) is 56.1 Å². The monoisotopic (exact) mass is 438 g/mol. The number of hydrogen-bond acceptors (Lipinski definition) is 7. The molecule has 168 valence electrons. The number of piperazine rings is 1. The highest BCUT2D eigenvalue weighted by Crippen LogP contribution is 2.33. The van der Waals surface area contributed by atoms with Gasteiger partial charge in [-0.05, 0) is 39.0 Å². The average molecular weight is 438 g/mol. The first-order valence-electron chi connectivity index (χ1n) is 10.5. The van der Waals surface area contributed by atoms with Crippen molar-refractivity contribution < 1.29 is 24.2 Å². The topological polar surface area (TPSA) is 105 Å². The zero-order chi connectivity index (χ0) is 22.9. The van der Waals surface area contributed by atoms with E-state index in [-0.39, 0.29) is 17.4 Å². The lowest BCUT2D eigenvalue weighted by Gasteiger charge is -2.36. The predicted octanol–water partition coefficient (Wildman–Crippen LogP) is 3.89. The molecule has 1 saturated heterocycles. The van der Waals surface area contributed by atoms with E-state index in [1.165, 1.54) is 6.07 Å². The lowest BCUT2D eigenvalue weighted by atomic mass is 10.1. The number of nitrogens with zero attached hydrogens (tertiary/aromatic N) is 4. The number of hydrogen-bond donors (Lipinski definition) is 1. The number of pyridine rings is 1. The van der Waals surface area contributed by atoms with Crippen molar-refractivity contribution in [1.82, 2.24) is 9.88 Å². The normalized spacial score (nSPS) is 15.5. The van der Waals surface area contributed by atoms with Gasteiger partial charge in [-0.1, -0.05) is 0 Å². The van der Waals surface area contributed by atoms with Crippen LogP contribution in [0.15, 0.2) is 35.5 Å². The van der Waals surface area contributed by atoms with Gasteiger partial charge in [0.2, 0.25) is 0 Å². The Morgan fingerprint density at radius 2 is 1.84 bits per heavy atom. The summed E-state index contributed by atoms with van der Waals surface area (Å²) in [5, 5.41) is 9.60. The van der Waals surface area contributed by atoms with E-state index in [1.807, 2.05) is 26.8 Å². The first-order chi connectivity index (χ1) is 15.2. The van der Waals surface area contributed by atoms with Crippen LogP contribution in [-0.2, 0) is 11.2 Å². The summed E-state index contributed by atoms with van der Waals surface area (Å²) in [5.74, 6) is 0.292. The minimum absolute atomic E-state index is 0.0675. The van der Waals surface area contributed by atoms with Gasteiger partial charge in [-0.25, -0.2) is 19.6 Å². The molecule has 9 nitrogen and oxygen atoms in total. The van der Waals surface area contributed by atoms with Crippen molar-refractivity contribution in [3.63, 3.8) is 0 Å². The third-order valence-corrected chi connectivity index (χ3v) is 5.16. The minimum Gasteiger partial charge on any atom is -0.478 e. The van der Waals surface area contributed by atoms with Gasteiger partial charge in [-0.15, -0.1) is 0 Å². The smallest absolute Gasteiger partial charge is 0.410 e. The molecule has 32 heavy (non-hydrogen) atoms. The number of aliphatic imine (C=N–C) groups is 1. The highest BCUT2D eigenvalue weighted by atomic mass is 16.6. The Bertz CT molecular complexity index is 1070. The SMILES string of the molecule is CC(C)(C)OC(=O)N1CCN(c2ccc(C(=O)O)c(Oc3cnc4c(c3)CC=N4)c2)CC1. The summed E-state index contributed by atoms with van der Waals surface area (Å²) < 4.78 is 11.4. The van der Waals surface area contributed by atoms with Gasteiger partial charge in [0.05, 0.1) is 6.20 Å². The van der Waals surface area contributed by atoms with E-state index in [2.05, 4.69) is 14.9 Å². The van der Waals surface area contributed by atoms with E-state index < -0.39 is 11.6 Å². The number of carbonyl (C=O) groups is 2. The molecule has 2 aliphatic heterocycles. The third-order valence-electron chi connectivity index (χ3n) is 5.16. The van der Waals surface area contributed by atoms with E-state index in [0.717, 1.165) is 11.3 Å². The van der Waals surface area contributed by atoms with Gasteiger partial charge in [0.25, 0.3) is 0 Å². The standard InChI is InChI=1S/C23H26N4O5/c1-23(2,3)32-22(30)27-10-8-26(9-11-27)16-4-5-18(21(28)29)19(13-16)31-17-12-15-6-7-24-20(15)25-14-17/h4-5,7,12-14H,6,8-11H2,1-3H3,(H,28,29). The highest BCUT2D eigenvalue weighted by Gasteiger charge is 2.26. The second kappa shape index (κ2) is 8.49. The number of benzene rings is 1. The molecule has 1 amide bonds. The first kappa shape index (κ1) is 21.6. The van der Waals surface area contributed by atoms with Gasteiger partial charge in [0.15, 0.2) is 5.82 Å². The molecule has 9 heteroatoms. The molecule has 0 bridgehead atoms. The summed E-state index contributed by atoms with van der Waals surface area (Å²) in [6.07, 6.45) is 3.67. The molecule has 0 unspecified atom stereocenters. The Morgan fingerprint density at radius 3 is 2.53 bits per heavy atom. The van der Waals surface area contributed by atoms with Gasteiger partial charge in [-0.3, -0.25) is 0 Å². The summed E-state index contributed by atoms with van der Waals surface area (Å²) in [7, 11) is 0. The molecule has 4 rings (SSSR count). The van der Waals surface area contributed by atoms with Crippen LogP contribution in [0.2, 0.25) is 0 Å². The van der Waals surface area contributed by atoms with Crippen molar-refractivity contribution in [3.05, 3.63) is 41.6 Å². The molecule has 0 atom stereocenters. The van der Waals surface area contributed by atoms with Crippen LogP contribution in [0.5, 0.6) is 11.5 Å². The van der Waals surface area contributed by atoms with Gasteiger partial charge >= 0.3 is 12.1 Å². The third kappa shape index (κ3) is 4.82. The van der Waals surface area contributed by atoms with Crippen molar-refractivity contribution in [2.24, 2.45) is 4.99 Å². The number of rotatable bonds is 4. The molecule has 0 radical (unpaired) electrons. The quantitative estimate of drug-likeness (QED) is 0.772. The number of amides is 1. The predicted molar refractivity (Wildman–Crippen MR) is 120 cm³/mol. The fraction of sp³-hybridized carbons (Fsp3) is 0.391. The molecule has 2 aromatic rings. The minimum atomic E-state index is -1.07. The van der Waals surface area contributed by atoms with Crippen molar-refractivity contribution >= 4 is 29.8 Å². The van der Waals surface area contributed by atoms with Crippen LogP contribution in [0.25, 0.3) is 0 Å². The molecular formula is C23H26N4O5. The van der Waals surface area contributed by atoms with Gasteiger partial charge in [0.1, 0.15) is 22.7 Å². The van der Waals surface area contributed by atoms with Crippen LogP contribution >= 0.6 is 0 Å². The Labute approximate surface area is 186 Å². The maximum atomic E-state index is 12.3. The number of ether oxygens (including phenoxy) is 2. The zero-order valence-corrected chi connectivity index (χ0v) is 18.4. The average Bonchev–Trinajstić information content (AvgIpc) is 3.20. The first-order valence-corrected chi connectivity index (χ1v) is 10.5. The lowest BCUT2D eigenvalue weighted by molar-refractivity contribution is 0.0240. The lowest BCUT2D eigenvalue weighted by Crippen LogP contribution is -2.50. The Kier molecular flexibility index (Phi) is 5.73. The van der Waals surface area contributed by atoms with Crippen LogP contribution in [-0.4, -0.2) is 65.0 Å². The van der Waals surface area contributed by atoms with E-state index >= 15 is 0 Å². The van der Waals surface area contributed by atoms with Crippen LogP contribution in [0.3, 0.4) is 0 Å². The van der Waals surface area contributed by atoms with Crippen LogP contribution in [0.1, 0.15) is 36.7 Å². The summed E-state index contributed by atoms with van der Waals surface area (Å²) in [5.41, 5.74) is 1.30. The second-order valence-corrected chi connectivity index (χ2v) is 8.71. The molecule has 0 aliphatic carbocycles. The molecule has 3 heterocycles. The van der Waals surface area contributed by atoms with E-state index in [4.69, 9.17) is 9.47 Å². The van der Waals surface area contributed by atoms with Crippen molar-refractivity contribution in [2.45, 2.75) is 32.8 Å². The number of aromatic carboxylic acids is 1. The zero-order valence-electron chi connectivity index (χ0n) is 18.4. The number of carbonyl (C=O) groups excluding carboxylic acids is 1. The van der Waals surface area contributed by atoms with E-state index in [0.29, 0.717) is 44.2 Å². The van der Waals surface area contributed by atoms with Crippen molar-refractivity contribution in [2.75, 3.05) is 31.1 Å². The molecule has 1 fully saturated rings. The molecular weight excluding hydrogens is 412 g/mol. The number of aromatic nitrogens is 1. The maximum Gasteiger partial charge on any atom is 0.410 e. The fourth-order valence-corrected chi connectivity index (χ4v) is 3.60. The molecule has 2 aliphatic rings. The Balaban J connectivity index is 1.49. The van der Waals surface area contributed by atoms with Crippen LogP contribution in [0, 0.1) is 0 Å². The molecule has 1 aromatic heterocycles. The van der Waals surface area contributed by atoms with Gasteiger partial charge in [-0.2, -0.15) is 0 Å². The highest BCUT2D eigenvalue weighted by molar-refractivity contribution is 5.91. The molecule has 1 N–H and O–H groups in total. The largest absolute Gasteiger partial charge is 0.478 e. The Hall–Kier alpha value is -3.62. The van der Waals surface area contributed by atoms with Crippen LogP contribution in [0.4, 0.5) is 16.3 Å². The number of anilines is 1. The second-order valence-electron chi connectivity index (χ2n) is 8.71. The van der Waals surface area contributed by atoms with Crippen molar-refractivity contribution in [3.8, 4) is 11.5 Å². The van der Waals surface area contributed by atoms with Crippen LogP contribution < -0.4 is 9.64 Å². The van der Waals surface area contributed by atoms with Crippen molar-refractivity contribution in [1.29, 1.82) is 0 Å². The van der Waals surface area contributed by atoms with Gasteiger partial charge < -0.3 is 24.4 Å². The number of carboxylic acid groups (broad SMARTS) is 1.